The summed E-state index contributed by atoms with van der Waals surface area (Å²) in [7, 11) is 0. The number of hydrogen-bond acceptors (Lipinski definition) is 4. The molecule has 2 aromatic rings. The molecule has 7 nitrogen and oxygen atoms in total. The minimum absolute atomic E-state index is 0.136. The predicted molar refractivity (Wildman–Crippen MR) is 117 cm³/mol. The highest BCUT2D eigenvalue weighted by atomic mass is 16.2. The van der Waals surface area contributed by atoms with Crippen LogP contribution in [0.4, 0.5) is 0 Å². The summed E-state index contributed by atoms with van der Waals surface area (Å²) >= 11 is 0. The number of nitrogens with zero attached hydrogens (tertiary/aromatic N) is 1. The Balaban J connectivity index is 1.96. The first-order valence-electron chi connectivity index (χ1n) is 9.85. The molecule has 0 heterocycles. The Hall–Kier alpha value is -3.48. The van der Waals surface area contributed by atoms with Gasteiger partial charge in [-0.2, -0.15) is 5.10 Å². The molecule has 0 aliphatic rings. The molecule has 2 aromatic carbocycles. The van der Waals surface area contributed by atoms with Crippen LogP contribution in [0.2, 0.25) is 0 Å². The van der Waals surface area contributed by atoms with Gasteiger partial charge in [0.25, 0.3) is 17.7 Å². The summed E-state index contributed by atoms with van der Waals surface area (Å²) in [5.74, 6) is -1.11. The number of nitrogens with one attached hydrogen (secondary N) is 3. The Labute approximate surface area is 177 Å². The molecule has 0 fully saturated rings. The third-order valence-electron chi connectivity index (χ3n) is 4.62. The van der Waals surface area contributed by atoms with E-state index in [4.69, 9.17) is 0 Å². The van der Waals surface area contributed by atoms with E-state index in [9.17, 15) is 14.4 Å². The van der Waals surface area contributed by atoms with Crippen molar-refractivity contribution in [1.82, 2.24) is 16.1 Å². The van der Waals surface area contributed by atoms with Crippen LogP contribution in [-0.4, -0.2) is 35.5 Å². The van der Waals surface area contributed by atoms with E-state index in [0.717, 1.165) is 0 Å². The van der Waals surface area contributed by atoms with Gasteiger partial charge in [0.15, 0.2) is 0 Å². The van der Waals surface area contributed by atoms with E-state index in [1.807, 2.05) is 26.0 Å². The van der Waals surface area contributed by atoms with E-state index >= 15 is 0 Å². The molecule has 0 aliphatic heterocycles. The number of benzene rings is 2. The SMILES string of the molecule is CC(=NNC(=O)[C@@H](NC(=O)c1ccccc1)C(C)C)[C@@H](C)NC(=O)c1ccccc1. The number of amides is 3. The minimum Gasteiger partial charge on any atom is -0.344 e. The van der Waals surface area contributed by atoms with Crippen molar-refractivity contribution in [3.05, 3.63) is 71.8 Å². The number of rotatable bonds is 8. The average molecular weight is 409 g/mol. The number of hydrazone groups is 1. The maximum Gasteiger partial charge on any atom is 0.262 e. The van der Waals surface area contributed by atoms with Crippen molar-refractivity contribution >= 4 is 23.4 Å². The monoisotopic (exact) mass is 408 g/mol. The summed E-state index contributed by atoms with van der Waals surface area (Å²) < 4.78 is 0. The maximum absolute atomic E-state index is 12.6. The van der Waals surface area contributed by atoms with Crippen molar-refractivity contribution in [2.75, 3.05) is 0 Å². The second-order valence-corrected chi connectivity index (χ2v) is 7.35. The van der Waals surface area contributed by atoms with Crippen LogP contribution >= 0.6 is 0 Å². The highest BCUT2D eigenvalue weighted by Gasteiger charge is 2.24. The molecule has 0 saturated carbocycles. The van der Waals surface area contributed by atoms with Gasteiger partial charge in [-0.3, -0.25) is 14.4 Å². The molecule has 3 amide bonds. The zero-order chi connectivity index (χ0) is 22.1. The fourth-order valence-corrected chi connectivity index (χ4v) is 2.63. The Bertz CT molecular complexity index is 895. The molecule has 30 heavy (non-hydrogen) atoms. The van der Waals surface area contributed by atoms with E-state index in [1.165, 1.54) is 0 Å². The smallest absolute Gasteiger partial charge is 0.262 e. The van der Waals surface area contributed by atoms with Crippen LogP contribution in [-0.2, 0) is 4.79 Å². The van der Waals surface area contributed by atoms with Crippen LogP contribution in [0.25, 0.3) is 0 Å². The van der Waals surface area contributed by atoms with Gasteiger partial charge in [-0.25, -0.2) is 5.43 Å². The Morgan fingerprint density at radius 2 is 1.23 bits per heavy atom. The van der Waals surface area contributed by atoms with Crippen molar-refractivity contribution in [2.24, 2.45) is 11.0 Å². The molecular formula is C23H28N4O3. The van der Waals surface area contributed by atoms with E-state index in [2.05, 4.69) is 21.2 Å². The van der Waals surface area contributed by atoms with Crippen molar-refractivity contribution in [1.29, 1.82) is 0 Å². The quantitative estimate of drug-likeness (QED) is 0.463. The predicted octanol–water partition coefficient (Wildman–Crippen LogP) is 2.75. The Morgan fingerprint density at radius 3 is 1.70 bits per heavy atom. The van der Waals surface area contributed by atoms with Gasteiger partial charge in [0.1, 0.15) is 6.04 Å². The van der Waals surface area contributed by atoms with E-state index in [-0.39, 0.29) is 23.8 Å². The molecule has 0 spiro atoms. The highest BCUT2D eigenvalue weighted by Crippen LogP contribution is 2.06. The third-order valence-corrected chi connectivity index (χ3v) is 4.62. The highest BCUT2D eigenvalue weighted by molar-refractivity contribution is 5.99. The second kappa shape index (κ2) is 10.9. The maximum atomic E-state index is 12.6. The fourth-order valence-electron chi connectivity index (χ4n) is 2.63. The lowest BCUT2D eigenvalue weighted by Gasteiger charge is -2.21. The standard InChI is InChI=1S/C23H28N4O3/c1-15(2)20(25-22(29)19-13-9-6-10-14-19)23(30)27-26-17(4)16(3)24-21(28)18-11-7-5-8-12-18/h5-16,20H,1-4H3,(H,24,28)(H,25,29)(H,27,30)/t16-,20+/m1/s1. The molecule has 0 aliphatic carbocycles. The number of hydrogen-bond donors (Lipinski definition) is 3. The van der Waals surface area contributed by atoms with Gasteiger partial charge >= 0.3 is 0 Å². The molecule has 0 aromatic heterocycles. The van der Waals surface area contributed by atoms with Crippen LogP contribution in [0.3, 0.4) is 0 Å². The lowest BCUT2D eigenvalue weighted by Crippen LogP contribution is -2.49. The van der Waals surface area contributed by atoms with Gasteiger partial charge in [0.05, 0.1) is 11.8 Å². The molecule has 158 valence electrons. The topological polar surface area (TPSA) is 99.7 Å². The molecule has 0 radical (unpaired) electrons. The molecule has 0 bridgehead atoms. The largest absolute Gasteiger partial charge is 0.344 e. The summed E-state index contributed by atoms with van der Waals surface area (Å²) in [6.07, 6.45) is 0. The van der Waals surface area contributed by atoms with Crippen molar-refractivity contribution in [3.63, 3.8) is 0 Å². The van der Waals surface area contributed by atoms with E-state index in [0.29, 0.717) is 16.8 Å². The second-order valence-electron chi connectivity index (χ2n) is 7.35. The fraction of sp³-hybridized carbons (Fsp3) is 0.304. The van der Waals surface area contributed by atoms with Gasteiger partial charge in [0, 0.05) is 11.1 Å². The lowest BCUT2D eigenvalue weighted by atomic mass is 10.0. The summed E-state index contributed by atoms with van der Waals surface area (Å²) in [4.78, 5) is 37.2. The van der Waals surface area contributed by atoms with Crippen molar-refractivity contribution < 1.29 is 14.4 Å². The molecule has 2 atom stereocenters. The van der Waals surface area contributed by atoms with Gasteiger partial charge in [0.2, 0.25) is 0 Å². The molecular weight excluding hydrogens is 380 g/mol. The van der Waals surface area contributed by atoms with Gasteiger partial charge in [-0.15, -0.1) is 0 Å². The normalized spacial score (nSPS) is 13.3. The Morgan fingerprint density at radius 1 is 0.767 bits per heavy atom. The van der Waals surface area contributed by atoms with Crippen LogP contribution < -0.4 is 16.1 Å². The summed E-state index contributed by atoms with van der Waals surface area (Å²) in [6.45, 7) is 7.18. The molecule has 2 rings (SSSR count). The first kappa shape index (κ1) is 22.8. The minimum atomic E-state index is -0.747. The van der Waals surface area contributed by atoms with Gasteiger partial charge in [-0.05, 0) is 44.0 Å². The zero-order valence-electron chi connectivity index (χ0n) is 17.7. The van der Waals surface area contributed by atoms with Gasteiger partial charge < -0.3 is 10.6 Å². The first-order valence-corrected chi connectivity index (χ1v) is 9.85. The molecule has 0 saturated heterocycles. The van der Waals surface area contributed by atoms with Crippen LogP contribution in [0.1, 0.15) is 48.4 Å². The van der Waals surface area contributed by atoms with E-state index in [1.54, 1.807) is 62.4 Å². The summed E-state index contributed by atoms with van der Waals surface area (Å²) in [5, 5.41) is 9.69. The Kier molecular flexibility index (Phi) is 8.29. The van der Waals surface area contributed by atoms with Gasteiger partial charge in [-0.1, -0.05) is 50.2 Å². The third kappa shape index (κ3) is 6.55. The number of carbonyl (C=O) groups is 3. The van der Waals surface area contributed by atoms with Crippen LogP contribution in [0, 0.1) is 5.92 Å². The van der Waals surface area contributed by atoms with Crippen LogP contribution in [0.5, 0.6) is 0 Å². The van der Waals surface area contributed by atoms with Crippen LogP contribution in [0.15, 0.2) is 65.8 Å². The lowest BCUT2D eigenvalue weighted by molar-refractivity contribution is -0.123. The number of carbonyl (C=O) groups excluding carboxylic acids is 3. The molecule has 3 N–H and O–H groups in total. The molecule has 0 unspecified atom stereocenters. The van der Waals surface area contributed by atoms with Crippen molar-refractivity contribution in [3.8, 4) is 0 Å². The average Bonchev–Trinajstić information content (AvgIpc) is 2.76. The van der Waals surface area contributed by atoms with Crippen molar-refractivity contribution in [2.45, 2.75) is 39.8 Å². The zero-order valence-corrected chi connectivity index (χ0v) is 17.7. The first-order chi connectivity index (χ1) is 14.3. The summed E-state index contributed by atoms with van der Waals surface area (Å²) in [6, 6.07) is 16.4. The molecule has 7 heteroatoms. The summed E-state index contributed by atoms with van der Waals surface area (Å²) in [5.41, 5.74) is 4.06. The van der Waals surface area contributed by atoms with E-state index < -0.39 is 11.9 Å².